The van der Waals surface area contributed by atoms with Gasteiger partial charge in [0.05, 0.1) is 12.2 Å². The molecule has 1 amide bonds. The van der Waals surface area contributed by atoms with Gasteiger partial charge in [-0.2, -0.15) is 10.1 Å². The van der Waals surface area contributed by atoms with Gasteiger partial charge in [0.25, 0.3) is 0 Å². The van der Waals surface area contributed by atoms with E-state index in [1.54, 1.807) is 0 Å². The molecule has 1 fully saturated rings. The minimum atomic E-state index is -0.0344. The molecule has 7 nitrogen and oxygen atoms in total. The highest BCUT2D eigenvalue weighted by atomic mass is 16.5. The SMILES string of the molecule is Cc1[nH]nc(CCC(=O)NCc2noc(C3CC3)n2)c1C. The number of H-pyrrole nitrogens is 1. The third-order valence-corrected chi connectivity index (χ3v) is 3.80. The van der Waals surface area contributed by atoms with Gasteiger partial charge in [-0.3, -0.25) is 9.89 Å². The number of aromatic nitrogens is 4. The number of nitrogens with one attached hydrogen (secondary N) is 2. The third-order valence-electron chi connectivity index (χ3n) is 3.80. The Balaban J connectivity index is 1.44. The summed E-state index contributed by atoms with van der Waals surface area (Å²) in [7, 11) is 0. The molecular formula is C14H19N5O2. The van der Waals surface area contributed by atoms with E-state index in [9.17, 15) is 4.79 Å². The molecule has 0 unspecified atom stereocenters. The zero-order valence-electron chi connectivity index (χ0n) is 12.3. The number of hydrogen-bond acceptors (Lipinski definition) is 5. The van der Waals surface area contributed by atoms with E-state index in [0.29, 0.717) is 37.0 Å². The molecular weight excluding hydrogens is 270 g/mol. The van der Waals surface area contributed by atoms with Crippen molar-refractivity contribution in [3.63, 3.8) is 0 Å². The lowest BCUT2D eigenvalue weighted by Crippen LogP contribution is -2.23. The van der Waals surface area contributed by atoms with Crippen LogP contribution in [0.1, 0.15) is 53.8 Å². The zero-order valence-corrected chi connectivity index (χ0v) is 12.3. The number of rotatable bonds is 6. The summed E-state index contributed by atoms with van der Waals surface area (Å²) in [5.41, 5.74) is 3.11. The van der Waals surface area contributed by atoms with Crippen molar-refractivity contribution in [2.75, 3.05) is 0 Å². The van der Waals surface area contributed by atoms with Gasteiger partial charge in [-0.15, -0.1) is 0 Å². The van der Waals surface area contributed by atoms with Crippen molar-refractivity contribution in [1.82, 2.24) is 25.7 Å². The minimum Gasteiger partial charge on any atom is -0.349 e. The maximum atomic E-state index is 11.8. The van der Waals surface area contributed by atoms with Crippen LogP contribution in [0.5, 0.6) is 0 Å². The molecule has 1 aliphatic carbocycles. The van der Waals surface area contributed by atoms with E-state index >= 15 is 0 Å². The van der Waals surface area contributed by atoms with Gasteiger partial charge in [-0.25, -0.2) is 0 Å². The second-order valence-corrected chi connectivity index (χ2v) is 5.52. The summed E-state index contributed by atoms with van der Waals surface area (Å²) < 4.78 is 5.14. The second kappa shape index (κ2) is 5.67. The Morgan fingerprint density at radius 2 is 2.24 bits per heavy atom. The fourth-order valence-corrected chi connectivity index (χ4v) is 2.11. The summed E-state index contributed by atoms with van der Waals surface area (Å²) in [6.45, 7) is 4.29. The van der Waals surface area contributed by atoms with Gasteiger partial charge in [0.2, 0.25) is 11.8 Å². The molecule has 112 valence electrons. The molecule has 2 heterocycles. The minimum absolute atomic E-state index is 0.0344. The van der Waals surface area contributed by atoms with E-state index in [0.717, 1.165) is 29.8 Å². The molecule has 1 saturated carbocycles. The molecule has 3 rings (SSSR count). The van der Waals surface area contributed by atoms with E-state index in [1.807, 2.05) is 13.8 Å². The highest BCUT2D eigenvalue weighted by Crippen LogP contribution is 2.38. The summed E-state index contributed by atoms with van der Waals surface area (Å²) in [5, 5.41) is 13.8. The molecule has 0 spiro atoms. The van der Waals surface area contributed by atoms with Crippen molar-refractivity contribution in [1.29, 1.82) is 0 Å². The van der Waals surface area contributed by atoms with Crippen molar-refractivity contribution < 1.29 is 9.32 Å². The summed E-state index contributed by atoms with van der Waals surface area (Å²) in [6.07, 6.45) is 3.27. The van der Waals surface area contributed by atoms with Crippen LogP contribution in [-0.2, 0) is 17.8 Å². The Kier molecular flexibility index (Phi) is 3.72. The molecule has 7 heteroatoms. The van der Waals surface area contributed by atoms with Gasteiger partial charge in [-0.1, -0.05) is 5.16 Å². The average molecular weight is 289 g/mol. The van der Waals surface area contributed by atoms with Gasteiger partial charge in [-0.05, 0) is 32.3 Å². The fourth-order valence-electron chi connectivity index (χ4n) is 2.11. The highest BCUT2D eigenvalue weighted by Gasteiger charge is 2.29. The predicted molar refractivity (Wildman–Crippen MR) is 74.5 cm³/mol. The van der Waals surface area contributed by atoms with Crippen molar-refractivity contribution in [2.45, 2.75) is 52.0 Å². The summed E-state index contributed by atoms with van der Waals surface area (Å²) in [4.78, 5) is 16.1. The molecule has 0 aliphatic heterocycles. The Hall–Kier alpha value is -2.18. The molecule has 0 saturated heterocycles. The van der Waals surface area contributed by atoms with Gasteiger partial charge < -0.3 is 9.84 Å². The molecule has 0 aromatic carbocycles. The number of aryl methyl sites for hydroxylation is 2. The summed E-state index contributed by atoms with van der Waals surface area (Å²) >= 11 is 0. The van der Waals surface area contributed by atoms with E-state index < -0.39 is 0 Å². The first-order valence-corrected chi connectivity index (χ1v) is 7.23. The molecule has 1 aliphatic rings. The quantitative estimate of drug-likeness (QED) is 0.840. The van der Waals surface area contributed by atoms with Crippen LogP contribution >= 0.6 is 0 Å². The Labute approximate surface area is 122 Å². The third kappa shape index (κ3) is 3.29. The number of aromatic amines is 1. The Morgan fingerprint density at radius 1 is 1.43 bits per heavy atom. The van der Waals surface area contributed by atoms with Crippen LogP contribution in [0.25, 0.3) is 0 Å². The van der Waals surface area contributed by atoms with Crippen LogP contribution < -0.4 is 5.32 Å². The number of amides is 1. The van der Waals surface area contributed by atoms with Crippen LogP contribution in [0, 0.1) is 13.8 Å². The van der Waals surface area contributed by atoms with Gasteiger partial charge >= 0.3 is 0 Å². The molecule has 2 aromatic rings. The first kappa shape index (κ1) is 13.8. The van der Waals surface area contributed by atoms with Crippen LogP contribution in [-0.4, -0.2) is 26.2 Å². The van der Waals surface area contributed by atoms with Crippen molar-refractivity contribution in [2.24, 2.45) is 0 Å². The number of hydrogen-bond donors (Lipinski definition) is 2. The Bertz CT molecular complexity index is 642. The number of carbonyl (C=O) groups excluding carboxylic acids is 1. The largest absolute Gasteiger partial charge is 0.349 e. The van der Waals surface area contributed by atoms with Crippen molar-refractivity contribution in [3.8, 4) is 0 Å². The van der Waals surface area contributed by atoms with E-state index in [2.05, 4.69) is 25.7 Å². The van der Waals surface area contributed by atoms with Gasteiger partial charge in [0.15, 0.2) is 5.82 Å². The lowest BCUT2D eigenvalue weighted by molar-refractivity contribution is -0.121. The zero-order chi connectivity index (χ0) is 14.8. The molecule has 0 atom stereocenters. The summed E-state index contributed by atoms with van der Waals surface area (Å²) in [6, 6.07) is 0. The first-order valence-electron chi connectivity index (χ1n) is 7.23. The average Bonchev–Trinajstić information content (AvgIpc) is 3.14. The number of carbonyl (C=O) groups is 1. The maximum Gasteiger partial charge on any atom is 0.229 e. The molecule has 2 aromatic heterocycles. The van der Waals surface area contributed by atoms with Crippen LogP contribution in [0.2, 0.25) is 0 Å². The van der Waals surface area contributed by atoms with Crippen molar-refractivity contribution >= 4 is 5.91 Å². The monoisotopic (exact) mass is 289 g/mol. The van der Waals surface area contributed by atoms with Crippen molar-refractivity contribution in [3.05, 3.63) is 28.7 Å². The Morgan fingerprint density at radius 3 is 2.90 bits per heavy atom. The predicted octanol–water partition coefficient (Wildman–Crippen LogP) is 1.54. The topological polar surface area (TPSA) is 96.7 Å². The van der Waals surface area contributed by atoms with Gasteiger partial charge in [0, 0.05) is 24.5 Å². The lowest BCUT2D eigenvalue weighted by atomic mass is 10.1. The second-order valence-electron chi connectivity index (χ2n) is 5.52. The van der Waals surface area contributed by atoms with E-state index in [-0.39, 0.29) is 5.91 Å². The normalized spacial score (nSPS) is 14.4. The number of nitrogens with zero attached hydrogens (tertiary/aromatic N) is 3. The first-order chi connectivity index (χ1) is 10.1. The summed E-state index contributed by atoms with van der Waals surface area (Å²) in [5.74, 6) is 1.64. The van der Waals surface area contributed by atoms with Crippen LogP contribution in [0.4, 0.5) is 0 Å². The maximum absolute atomic E-state index is 11.8. The standard InChI is InChI=1S/C14H19N5O2/c1-8-9(2)17-18-11(8)5-6-13(20)15-7-12-16-14(21-19-12)10-3-4-10/h10H,3-7H2,1-2H3,(H,15,20)(H,17,18). The smallest absolute Gasteiger partial charge is 0.229 e. The fraction of sp³-hybridized carbons (Fsp3) is 0.571. The van der Waals surface area contributed by atoms with E-state index in [1.165, 1.54) is 0 Å². The molecule has 0 bridgehead atoms. The molecule has 2 N–H and O–H groups in total. The lowest BCUT2D eigenvalue weighted by Gasteiger charge is -2.01. The molecule has 0 radical (unpaired) electrons. The van der Waals surface area contributed by atoms with Gasteiger partial charge in [0.1, 0.15) is 0 Å². The van der Waals surface area contributed by atoms with E-state index in [4.69, 9.17) is 4.52 Å². The van der Waals surface area contributed by atoms with Crippen LogP contribution in [0.15, 0.2) is 4.52 Å². The van der Waals surface area contributed by atoms with Crippen LogP contribution in [0.3, 0.4) is 0 Å². The molecule has 21 heavy (non-hydrogen) atoms. The highest BCUT2D eigenvalue weighted by molar-refractivity contribution is 5.76.